The number of alkyl carbamates (subject to hydrolysis) is 2. The van der Waals surface area contributed by atoms with E-state index in [1.165, 1.54) is 59.9 Å². The molecule has 0 heterocycles. The van der Waals surface area contributed by atoms with Gasteiger partial charge in [-0.25, -0.2) is 14.4 Å². The molecule has 0 spiro atoms. The van der Waals surface area contributed by atoms with E-state index in [-0.39, 0.29) is 74.9 Å². The number of ether oxygens (including phenoxy) is 14. The Morgan fingerprint density at radius 1 is 0.344 bits per heavy atom. The lowest BCUT2D eigenvalue weighted by Gasteiger charge is -2.23. The number of benzene rings is 8. The van der Waals surface area contributed by atoms with Gasteiger partial charge >= 0.3 is 24.2 Å². The number of hydrogen-bond donors (Lipinski definition) is 3. The van der Waals surface area contributed by atoms with E-state index >= 15 is 0 Å². The van der Waals surface area contributed by atoms with Crippen LogP contribution in [-0.4, -0.2) is 127 Å². The molecular weight excluding hydrogens is 1660 g/mol. The fourth-order valence-corrected chi connectivity index (χ4v) is 13.2. The monoisotopic (exact) mass is 1810 g/mol. The zero-order chi connectivity index (χ0) is 95.3. The molecule has 1 saturated carbocycles. The zero-order valence-corrected chi connectivity index (χ0v) is 81.7. The summed E-state index contributed by atoms with van der Waals surface area (Å²) in [6, 6.07) is 66.7. The van der Waals surface area contributed by atoms with Crippen molar-refractivity contribution in [1.82, 2.24) is 10.6 Å². The number of amides is 3. The Morgan fingerprint density at radius 2 is 0.718 bits per heavy atom. The standard InChI is InChI=1S/C24H32O4.C22H28O3.C21H33NO4.C21H27NO4.C21H35NO4/c1-5-19(4)20-13-15-22(16-14-20)28-24(18(2)3)26-17-9-12-23(25)27-21-10-7-6-8-11-21;1-5-17(3)19-10-12-21(13-11-19)25-18(4)24-15-14-22(23)20-8-6-16(2)7-9-20;2*1-4-16(2)18-10-12-20(13-11-18)26-17(3)24-14-15-25-21(23)22-19-8-6-5-7-9-19;1-5-7-8-9-14-22-21(23)25-16-15-24-18(4)26-20-12-10-19(11-13-20)17(3)6-2/h6-8,10-11,13-16,18-19,24H,5,9,12,17H2,1-4H3;6-13,17-18H,5,14-15H2,1-4H3;10-13,16-17,19H,4-9,14-15H2,1-3H3,(H,22,23);5-13,16-17H,4,14-15H2,1-3H3,(H,22,23);10-13,17-18H,5-9,14-16H2,1-4H3,(H,22,23). The maximum Gasteiger partial charge on any atom is 0.411 e. The van der Waals surface area contributed by atoms with Gasteiger partial charge in [0.2, 0.25) is 6.29 Å². The second-order valence-corrected chi connectivity index (χ2v) is 33.5. The highest BCUT2D eigenvalue weighted by Crippen LogP contribution is 2.29. The fraction of sp³-hybridized carbons (Fsp3) is 0.514. The van der Waals surface area contributed by atoms with E-state index in [9.17, 15) is 24.0 Å². The normalized spacial score (nSPS) is 13.9. The Morgan fingerprint density at radius 3 is 1.11 bits per heavy atom. The molecule has 3 amide bonds. The minimum atomic E-state index is -0.506. The van der Waals surface area contributed by atoms with Crippen molar-refractivity contribution >= 4 is 35.7 Å². The van der Waals surface area contributed by atoms with E-state index in [1.807, 2.05) is 156 Å². The van der Waals surface area contributed by atoms with Gasteiger partial charge in [0, 0.05) is 42.6 Å². The molecule has 8 aromatic rings. The summed E-state index contributed by atoms with van der Waals surface area (Å²) < 4.78 is 77.6. The average molecular weight is 1810 g/mol. The van der Waals surface area contributed by atoms with Crippen LogP contribution in [0.5, 0.6) is 34.5 Å². The third-order valence-corrected chi connectivity index (χ3v) is 22.4. The van der Waals surface area contributed by atoms with E-state index in [4.69, 9.17) is 66.3 Å². The Kier molecular flexibility index (Phi) is 55.9. The molecule has 0 aliphatic heterocycles. The van der Waals surface area contributed by atoms with Crippen LogP contribution in [0.15, 0.2) is 206 Å². The van der Waals surface area contributed by atoms with Gasteiger partial charge in [-0.05, 0) is 235 Å². The van der Waals surface area contributed by atoms with Gasteiger partial charge in [0.15, 0.2) is 30.9 Å². The van der Waals surface area contributed by atoms with E-state index in [2.05, 4.69) is 167 Å². The molecule has 0 radical (unpaired) electrons. The van der Waals surface area contributed by atoms with Crippen molar-refractivity contribution in [2.45, 2.75) is 301 Å². The lowest BCUT2D eigenvalue weighted by Crippen LogP contribution is -2.37. The van der Waals surface area contributed by atoms with Crippen LogP contribution in [0.2, 0.25) is 0 Å². The first kappa shape index (κ1) is 111. The van der Waals surface area contributed by atoms with Crippen LogP contribution >= 0.6 is 0 Å². The number of aryl methyl sites for hydroxylation is 1. The number of rotatable bonds is 51. The average Bonchev–Trinajstić information content (AvgIpc) is 0.914. The lowest BCUT2D eigenvalue weighted by molar-refractivity contribution is -0.136. The molecule has 1 aliphatic rings. The van der Waals surface area contributed by atoms with Gasteiger partial charge in [-0.2, -0.15) is 0 Å². The number of unbranched alkanes of at least 4 members (excludes halogenated alkanes) is 3. The summed E-state index contributed by atoms with van der Waals surface area (Å²) in [5.74, 6) is 7.23. The highest BCUT2D eigenvalue weighted by atomic mass is 16.7. The SMILES string of the molecule is CCC(C)c1ccc(OC(C)OCCC(=O)c2ccc(C)cc2)cc1.CCC(C)c1ccc(OC(C)OCCOC(=O)NC2CCCCC2)cc1.CCC(C)c1ccc(OC(C)OCCOC(=O)Nc2ccccc2)cc1.CCC(C)c1ccc(OC(OCCCC(=O)Oc2ccccc2)C(C)C)cc1.CCCCCCNC(=O)OCCOC(C)Oc1ccc(C(C)CC)cc1. The molecule has 10 unspecified atom stereocenters. The van der Waals surface area contributed by atoms with Gasteiger partial charge in [0.05, 0.1) is 33.0 Å². The van der Waals surface area contributed by atoms with Gasteiger partial charge in [-0.3, -0.25) is 14.9 Å². The van der Waals surface area contributed by atoms with Gasteiger partial charge in [-0.1, -0.05) is 255 Å². The Hall–Kier alpha value is -10.5. The molecule has 1 aliphatic carbocycles. The molecule has 0 saturated heterocycles. The quantitative estimate of drug-likeness (QED) is 0.00800. The summed E-state index contributed by atoms with van der Waals surface area (Å²) in [6.07, 6.45) is 13.9. The summed E-state index contributed by atoms with van der Waals surface area (Å²) in [4.78, 5) is 58.9. The second-order valence-electron chi connectivity index (χ2n) is 33.5. The molecular formula is C109H155N3O19. The van der Waals surface area contributed by atoms with Gasteiger partial charge in [0.25, 0.3) is 0 Å². The molecule has 3 N–H and O–H groups in total. The lowest BCUT2D eigenvalue weighted by atomic mass is 9.96. The van der Waals surface area contributed by atoms with Gasteiger partial charge in [-0.15, -0.1) is 0 Å². The van der Waals surface area contributed by atoms with Crippen LogP contribution in [0, 0.1) is 12.8 Å². The van der Waals surface area contributed by atoms with Crippen molar-refractivity contribution in [2.75, 3.05) is 64.7 Å². The van der Waals surface area contributed by atoms with Crippen molar-refractivity contribution in [3.63, 3.8) is 0 Å². The third-order valence-electron chi connectivity index (χ3n) is 22.4. The third kappa shape index (κ3) is 48.5. The highest BCUT2D eigenvalue weighted by molar-refractivity contribution is 5.96. The van der Waals surface area contributed by atoms with E-state index in [1.54, 1.807) is 24.3 Å². The number of esters is 1. The minimum Gasteiger partial charge on any atom is -0.465 e. The molecule has 131 heavy (non-hydrogen) atoms. The van der Waals surface area contributed by atoms with Crippen molar-refractivity contribution in [3.05, 3.63) is 245 Å². The van der Waals surface area contributed by atoms with E-state index in [0.29, 0.717) is 93.3 Å². The first-order valence-electron chi connectivity index (χ1n) is 47.8. The highest BCUT2D eigenvalue weighted by Gasteiger charge is 2.21. The predicted octanol–water partition coefficient (Wildman–Crippen LogP) is 26.9. The van der Waals surface area contributed by atoms with E-state index < -0.39 is 25.0 Å². The van der Waals surface area contributed by atoms with Crippen molar-refractivity contribution in [1.29, 1.82) is 0 Å². The Labute approximate surface area is 783 Å². The number of carbonyl (C=O) groups excluding carboxylic acids is 5. The summed E-state index contributed by atoms with van der Waals surface area (Å²) >= 11 is 0. The molecule has 10 atom stereocenters. The van der Waals surface area contributed by atoms with Crippen molar-refractivity contribution in [2.24, 2.45) is 5.92 Å². The maximum atomic E-state index is 12.1. The predicted molar refractivity (Wildman–Crippen MR) is 523 cm³/mol. The van der Waals surface area contributed by atoms with Crippen LogP contribution in [-0.2, 0) is 42.7 Å². The van der Waals surface area contributed by atoms with Gasteiger partial charge in [0.1, 0.15) is 54.3 Å². The first-order valence-corrected chi connectivity index (χ1v) is 47.8. The van der Waals surface area contributed by atoms with Crippen LogP contribution in [0.25, 0.3) is 0 Å². The minimum absolute atomic E-state index is 0.0881. The van der Waals surface area contributed by atoms with E-state index in [0.717, 1.165) is 97.7 Å². The zero-order valence-electron chi connectivity index (χ0n) is 81.7. The number of carbonyl (C=O) groups is 5. The molecule has 1 fully saturated rings. The largest absolute Gasteiger partial charge is 0.465 e. The van der Waals surface area contributed by atoms with Crippen LogP contribution in [0.4, 0.5) is 20.1 Å². The second kappa shape index (κ2) is 66.0. The summed E-state index contributed by atoms with van der Waals surface area (Å²) in [6.45, 7) is 40.5. The topological polar surface area (TPSA) is 251 Å². The fourth-order valence-electron chi connectivity index (χ4n) is 13.2. The maximum absolute atomic E-state index is 12.1. The molecule has 22 nitrogen and oxygen atoms in total. The number of ketones is 1. The molecule has 22 heteroatoms. The number of anilines is 1. The van der Waals surface area contributed by atoms with Crippen LogP contribution in [0.1, 0.15) is 300 Å². The smallest absolute Gasteiger partial charge is 0.411 e. The Bertz CT molecular complexity index is 4310. The molecule has 0 aromatic heterocycles. The molecule has 9 rings (SSSR count). The number of hydrogen-bond acceptors (Lipinski definition) is 19. The molecule has 8 aromatic carbocycles. The van der Waals surface area contributed by atoms with Gasteiger partial charge < -0.3 is 76.9 Å². The molecule has 0 bridgehead atoms. The van der Waals surface area contributed by atoms with Crippen LogP contribution in [0.3, 0.4) is 0 Å². The van der Waals surface area contributed by atoms with Crippen LogP contribution < -0.4 is 44.4 Å². The van der Waals surface area contributed by atoms with Crippen molar-refractivity contribution < 1.29 is 90.3 Å². The summed E-state index contributed by atoms with van der Waals surface area (Å²) in [5.41, 5.74) is 9.11. The number of Topliss-reactive ketones (excluding diaryl/α,β-unsaturated/α-hetero) is 1. The first-order chi connectivity index (χ1) is 63.2. The van der Waals surface area contributed by atoms with Crippen molar-refractivity contribution in [3.8, 4) is 34.5 Å². The number of para-hydroxylation sites is 2. The summed E-state index contributed by atoms with van der Waals surface area (Å²) in [5, 5.41) is 8.30. The Balaban J connectivity index is 0.000000290. The number of nitrogens with one attached hydrogen (secondary N) is 3. The summed E-state index contributed by atoms with van der Waals surface area (Å²) in [7, 11) is 0. The molecule has 720 valence electrons.